The van der Waals surface area contributed by atoms with E-state index in [1.807, 2.05) is 0 Å². The summed E-state index contributed by atoms with van der Waals surface area (Å²) < 4.78 is 4.95. The van der Waals surface area contributed by atoms with Crippen molar-refractivity contribution in [2.75, 3.05) is 13.2 Å². The predicted octanol–water partition coefficient (Wildman–Crippen LogP) is 4.80. The minimum Gasteiger partial charge on any atom is -0.394 e. The van der Waals surface area contributed by atoms with Crippen molar-refractivity contribution in [2.24, 2.45) is 0 Å². The van der Waals surface area contributed by atoms with Crippen molar-refractivity contribution in [3.05, 3.63) is 0 Å². The zero-order valence-corrected chi connectivity index (χ0v) is 16.7. The van der Waals surface area contributed by atoms with Crippen LogP contribution in [0.1, 0.15) is 104 Å². The normalized spacial score (nSPS) is 21.2. The summed E-state index contributed by atoms with van der Waals surface area (Å²) in [5.41, 5.74) is 0. The summed E-state index contributed by atoms with van der Waals surface area (Å²) in [4.78, 5) is 11.5. The van der Waals surface area contributed by atoms with Gasteiger partial charge < -0.3 is 14.9 Å². The van der Waals surface area contributed by atoms with Crippen LogP contribution in [-0.2, 0) is 9.53 Å². The van der Waals surface area contributed by atoms with E-state index in [0.29, 0.717) is 12.4 Å². The molecular weight excluding hydrogens is 316 g/mol. The van der Waals surface area contributed by atoms with Gasteiger partial charge in [-0.15, -0.1) is 0 Å². The van der Waals surface area contributed by atoms with Gasteiger partial charge in [0.05, 0.1) is 25.4 Å². The lowest BCUT2D eigenvalue weighted by molar-refractivity contribution is -0.119. The third kappa shape index (κ3) is 19.7. The Hall–Kier alpha value is -0.450. The second kappa shape index (κ2) is 18.3. The molecule has 4 heteroatoms. The maximum absolute atomic E-state index is 11.5. The molecule has 1 aliphatic carbocycles. The van der Waals surface area contributed by atoms with Gasteiger partial charge in [-0.3, -0.25) is 4.79 Å². The molecule has 0 aliphatic heterocycles. The van der Waals surface area contributed by atoms with Crippen LogP contribution in [0.2, 0.25) is 0 Å². The largest absolute Gasteiger partial charge is 0.394 e. The van der Waals surface area contributed by atoms with Crippen LogP contribution in [0.15, 0.2) is 0 Å². The van der Waals surface area contributed by atoms with E-state index >= 15 is 0 Å². The fraction of sp³-hybridized carbons (Fsp3) is 0.952. The van der Waals surface area contributed by atoms with Crippen LogP contribution in [0.4, 0.5) is 0 Å². The van der Waals surface area contributed by atoms with Gasteiger partial charge >= 0.3 is 0 Å². The van der Waals surface area contributed by atoms with Crippen LogP contribution in [0.5, 0.6) is 0 Å². The maximum Gasteiger partial charge on any atom is 0.132 e. The summed E-state index contributed by atoms with van der Waals surface area (Å²) in [5.74, 6) is 0.509. The van der Waals surface area contributed by atoms with Gasteiger partial charge in [-0.2, -0.15) is 0 Å². The maximum atomic E-state index is 11.5. The molecule has 2 N–H and O–H groups in total. The summed E-state index contributed by atoms with van der Waals surface area (Å²) in [6.07, 6.45) is 17.0. The highest BCUT2D eigenvalue weighted by atomic mass is 16.5. The Kier molecular flexibility index (Phi) is 18.0. The number of ketones is 1. The zero-order chi connectivity index (χ0) is 18.8. The molecule has 0 aromatic heterocycles. The molecule has 0 saturated heterocycles. The summed E-state index contributed by atoms with van der Waals surface area (Å²) in [7, 11) is 0. The molecule has 0 aromatic rings. The SMILES string of the molecule is CC(O)COC(C)CO.O=C1CCCCCCCCCCCCCC1. The lowest BCUT2D eigenvalue weighted by Gasteiger charge is -2.10. The van der Waals surface area contributed by atoms with E-state index in [4.69, 9.17) is 14.9 Å². The van der Waals surface area contributed by atoms with E-state index in [1.165, 1.54) is 64.2 Å². The van der Waals surface area contributed by atoms with Crippen LogP contribution < -0.4 is 0 Å². The molecule has 2 atom stereocenters. The van der Waals surface area contributed by atoms with Crippen molar-refractivity contribution in [1.82, 2.24) is 0 Å². The number of hydrogen-bond acceptors (Lipinski definition) is 4. The lowest BCUT2D eigenvalue weighted by atomic mass is 10.0. The van der Waals surface area contributed by atoms with Gasteiger partial charge in [0.15, 0.2) is 0 Å². The van der Waals surface area contributed by atoms with E-state index in [0.717, 1.165) is 25.7 Å². The molecule has 0 amide bonds. The first kappa shape index (κ1) is 24.6. The number of aliphatic hydroxyl groups excluding tert-OH is 2. The molecule has 0 aromatic carbocycles. The Labute approximate surface area is 155 Å². The average Bonchev–Trinajstić information content (AvgIpc) is 2.60. The van der Waals surface area contributed by atoms with E-state index in [1.54, 1.807) is 13.8 Å². The molecule has 1 rings (SSSR count). The summed E-state index contributed by atoms with van der Waals surface area (Å²) in [5, 5.41) is 17.1. The van der Waals surface area contributed by atoms with Crippen molar-refractivity contribution in [2.45, 2.75) is 116 Å². The third-order valence-electron chi connectivity index (χ3n) is 4.54. The van der Waals surface area contributed by atoms with Crippen LogP contribution in [-0.4, -0.2) is 41.4 Å². The number of aliphatic hydroxyl groups is 2. The molecular formula is C21H42O4. The standard InChI is InChI=1S/C15H28O.C6H14O3/c16-15-13-11-9-7-5-3-1-2-4-6-8-10-12-14-15;1-5(8)4-9-6(2)3-7/h1-14H2;5-8H,3-4H2,1-2H3. The second-order valence-electron chi connectivity index (χ2n) is 7.46. The lowest BCUT2D eigenvalue weighted by Crippen LogP contribution is -2.19. The van der Waals surface area contributed by atoms with Crippen molar-refractivity contribution < 1.29 is 19.7 Å². The molecule has 1 saturated carbocycles. The van der Waals surface area contributed by atoms with Gasteiger partial charge in [0.25, 0.3) is 0 Å². The number of carbonyl (C=O) groups is 1. The van der Waals surface area contributed by atoms with Crippen LogP contribution >= 0.6 is 0 Å². The van der Waals surface area contributed by atoms with Gasteiger partial charge in [0, 0.05) is 12.8 Å². The van der Waals surface area contributed by atoms with Crippen molar-refractivity contribution in [1.29, 1.82) is 0 Å². The van der Waals surface area contributed by atoms with Crippen LogP contribution in [0.3, 0.4) is 0 Å². The van der Waals surface area contributed by atoms with E-state index in [-0.39, 0.29) is 12.7 Å². The second-order valence-corrected chi connectivity index (χ2v) is 7.46. The minimum absolute atomic E-state index is 0.00667. The summed E-state index contributed by atoms with van der Waals surface area (Å²) in [6.45, 7) is 3.70. The van der Waals surface area contributed by atoms with E-state index in [9.17, 15) is 4.79 Å². The number of rotatable bonds is 4. The molecule has 0 spiro atoms. The van der Waals surface area contributed by atoms with Crippen LogP contribution in [0, 0.1) is 0 Å². The number of Topliss-reactive ketones (excluding diaryl/α,β-unsaturated/α-hetero) is 1. The molecule has 0 radical (unpaired) electrons. The number of hydrogen-bond donors (Lipinski definition) is 2. The van der Waals surface area contributed by atoms with Gasteiger partial charge in [-0.05, 0) is 26.7 Å². The average molecular weight is 359 g/mol. The molecule has 25 heavy (non-hydrogen) atoms. The van der Waals surface area contributed by atoms with Gasteiger partial charge in [-0.1, -0.05) is 64.2 Å². The smallest absolute Gasteiger partial charge is 0.132 e. The Morgan fingerprint density at radius 3 is 1.48 bits per heavy atom. The van der Waals surface area contributed by atoms with E-state index < -0.39 is 6.10 Å². The monoisotopic (exact) mass is 358 g/mol. The molecule has 150 valence electrons. The number of ether oxygens (including phenoxy) is 1. The Balaban J connectivity index is 0.000000547. The Bertz CT molecular complexity index is 274. The van der Waals surface area contributed by atoms with E-state index in [2.05, 4.69) is 0 Å². The van der Waals surface area contributed by atoms with Gasteiger partial charge in [0.2, 0.25) is 0 Å². The Morgan fingerprint density at radius 1 is 0.800 bits per heavy atom. The Morgan fingerprint density at radius 2 is 1.16 bits per heavy atom. The molecule has 0 bridgehead atoms. The first-order valence-corrected chi connectivity index (χ1v) is 10.5. The number of carbonyl (C=O) groups excluding carboxylic acids is 1. The van der Waals surface area contributed by atoms with Crippen molar-refractivity contribution in [3.63, 3.8) is 0 Å². The summed E-state index contributed by atoms with van der Waals surface area (Å²) in [6, 6.07) is 0. The van der Waals surface area contributed by atoms with Gasteiger partial charge in [-0.25, -0.2) is 0 Å². The molecule has 1 aliphatic rings. The van der Waals surface area contributed by atoms with Crippen molar-refractivity contribution >= 4 is 5.78 Å². The van der Waals surface area contributed by atoms with Crippen LogP contribution in [0.25, 0.3) is 0 Å². The molecule has 4 nitrogen and oxygen atoms in total. The fourth-order valence-corrected chi connectivity index (χ4v) is 2.89. The molecule has 2 unspecified atom stereocenters. The van der Waals surface area contributed by atoms with Crippen molar-refractivity contribution in [3.8, 4) is 0 Å². The highest BCUT2D eigenvalue weighted by Crippen LogP contribution is 2.15. The highest BCUT2D eigenvalue weighted by molar-refractivity contribution is 5.78. The minimum atomic E-state index is -0.445. The first-order valence-electron chi connectivity index (χ1n) is 10.5. The third-order valence-corrected chi connectivity index (χ3v) is 4.54. The van der Waals surface area contributed by atoms with Gasteiger partial charge in [0.1, 0.15) is 5.78 Å². The summed E-state index contributed by atoms with van der Waals surface area (Å²) >= 11 is 0. The fourth-order valence-electron chi connectivity index (χ4n) is 2.89. The molecule has 1 fully saturated rings. The quantitative estimate of drug-likeness (QED) is 0.758. The highest BCUT2D eigenvalue weighted by Gasteiger charge is 2.03. The first-order chi connectivity index (χ1) is 12.1. The predicted molar refractivity (Wildman–Crippen MR) is 104 cm³/mol. The molecule has 0 heterocycles. The zero-order valence-electron chi connectivity index (χ0n) is 16.7. The topological polar surface area (TPSA) is 66.8 Å².